The summed E-state index contributed by atoms with van der Waals surface area (Å²) in [7, 11) is -3.39. The van der Waals surface area contributed by atoms with E-state index in [1.807, 2.05) is 0 Å². The van der Waals surface area contributed by atoms with E-state index in [1.165, 1.54) is 12.1 Å². The SMILES string of the molecule is O=C(O)c1c(CN2CCCS2(=O)=O)cccc1[N+](=O)[O-]. The zero-order valence-electron chi connectivity index (χ0n) is 10.4. The molecule has 1 aromatic carbocycles. The first-order valence-corrected chi connectivity index (χ1v) is 7.41. The molecule has 108 valence electrons. The van der Waals surface area contributed by atoms with Gasteiger partial charge in [0.05, 0.1) is 10.7 Å². The molecule has 9 heteroatoms. The van der Waals surface area contributed by atoms with E-state index in [9.17, 15) is 23.3 Å². The number of nitrogens with zero attached hydrogens (tertiary/aromatic N) is 2. The van der Waals surface area contributed by atoms with Gasteiger partial charge in [0.15, 0.2) is 0 Å². The van der Waals surface area contributed by atoms with Crippen molar-refractivity contribution in [2.24, 2.45) is 0 Å². The first-order chi connectivity index (χ1) is 9.33. The van der Waals surface area contributed by atoms with E-state index in [-0.39, 0.29) is 17.9 Å². The lowest BCUT2D eigenvalue weighted by Gasteiger charge is -2.15. The summed E-state index contributed by atoms with van der Waals surface area (Å²) in [6.07, 6.45) is 0.472. The van der Waals surface area contributed by atoms with Crippen molar-refractivity contribution in [3.63, 3.8) is 0 Å². The Morgan fingerprint density at radius 1 is 1.45 bits per heavy atom. The van der Waals surface area contributed by atoms with Gasteiger partial charge in [0, 0.05) is 19.2 Å². The Morgan fingerprint density at radius 2 is 2.15 bits per heavy atom. The summed E-state index contributed by atoms with van der Waals surface area (Å²) in [4.78, 5) is 21.3. The van der Waals surface area contributed by atoms with Gasteiger partial charge in [-0.2, -0.15) is 4.31 Å². The lowest BCUT2D eigenvalue weighted by Crippen LogP contribution is -2.26. The molecule has 1 fully saturated rings. The van der Waals surface area contributed by atoms with E-state index >= 15 is 0 Å². The van der Waals surface area contributed by atoms with Crippen molar-refractivity contribution in [2.45, 2.75) is 13.0 Å². The van der Waals surface area contributed by atoms with Crippen LogP contribution in [0.15, 0.2) is 18.2 Å². The minimum atomic E-state index is -3.39. The van der Waals surface area contributed by atoms with Crippen LogP contribution in [0.25, 0.3) is 0 Å². The summed E-state index contributed by atoms with van der Waals surface area (Å²) in [6, 6.07) is 3.83. The van der Waals surface area contributed by atoms with Gasteiger partial charge in [0.2, 0.25) is 10.0 Å². The summed E-state index contributed by atoms with van der Waals surface area (Å²) in [5, 5.41) is 20.0. The maximum absolute atomic E-state index is 11.7. The maximum atomic E-state index is 11.7. The second-order valence-corrected chi connectivity index (χ2v) is 6.47. The van der Waals surface area contributed by atoms with Crippen LogP contribution in [0.1, 0.15) is 22.3 Å². The molecule has 1 aliphatic heterocycles. The van der Waals surface area contributed by atoms with E-state index in [4.69, 9.17) is 5.11 Å². The molecule has 0 atom stereocenters. The van der Waals surface area contributed by atoms with Gasteiger partial charge in [-0.15, -0.1) is 0 Å². The highest BCUT2D eigenvalue weighted by atomic mass is 32.2. The fourth-order valence-electron chi connectivity index (χ4n) is 2.18. The van der Waals surface area contributed by atoms with Crippen molar-refractivity contribution in [1.82, 2.24) is 4.31 Å². The largest absolute Gasteiger partial charge is 0.477 e. The smallest absolute Gasteiger partial charge is 0.343 e. The van der Waals surface area contributed by atoms with Crippen LogP contribution >= 0.6 is 0 Å². The molecule has 1 aliphatic rings. The van der Waals surface area contributed by atoms with Gasteiger partial charge in [-0.25, -0.2) is 13.2 Å². The molecule has 2 rings (SSSR count). The predicted molar refractivity (Wildman–Crippen MR) is 68.9 cm³/mol. The summed E-state index contributed by atoms with van der Waals surface area (Å²) < 4.78 is 24.6. The molecule has 20 heavy (non-hydrogen) atoms. The number of benzene rings is 1. The normalized spacial score (nSPS) is 18.0. The minimum Gasteiger partial charge on any atom is -0.477 e. The van der Waals surface area contributed by atoms with Crippen LogP contribution < -0.4 is 0 Å². The van der Waals surface area contributed by atoms with Gasteiger partial charge in [-0.3, -0.25) is 10.1 Å². The number of rotatable bonds is 4. The third-order valence-corrected chi connectivity index (χ3v) is 4.99. The average molecular weight is 300 g/mol. The number of hydrogen-bond donors (Lipinski definition) is 1. The molecule has 1 saturated heterocycles. The molecule has 1 heterocycles. The highest BCUT2D eigenvalue weighted by Gasteiger charge is 2.31. The molecule has 0 unspecified atom stereocenters. The molecule has 1 aromatic rings. The zero-order chi connectivity index (χ0) is 14.9. The molecular formula is C11H12N2O6S. The summed E-state index contributed by atoms with van der Waals surface area (Å²) in [6.45, 7) is 0.135. The van der Waals surface area contributed by atoms with Gasteiger partial charge in [-0.05, 0) is 12.0 Å². The van der Waals surface area contributed by atoms with Crippen molar-refractivity contribution < 1.29 is 23.2 Å². The topological polar surface area (TPSA) is 118 Å². The highest BCUT2D eigenvalue weighted by Crippen LogP contribution is 2.25. The molecule has 0 aromatic heterocycles. The van der Waals surface area contributed by atoms with Crippen LogP contribution in [0.5, 0.6) is 0 Å². The number of carboxylic acid groups (broad SMARTS) is 1. The van der Waals surface area contributed by atoms with Crippen LogP contribution in [-0.4, -0.2) is 41.0 Å². The Bertz CT molecular complexity index is 669. The second kappa shape index (κ2) is 5.17. The van der Waals surface area contributed by atoms with Crippen LogP contribution in [0.4, 0.5) is 5.69 Å². The van der Waals surface area contributed by atoms with Gasteiger partial charge < -0.3 is 5.11 Å². The molecule has 0 bridgehead atoms. The monoisotopic (exact) mass is 300 g/mol. The fraction of sp³-hybridized carbons (Fsp3) is 0.364. The van der Waals surface area contributed by atoms with Gasteiger partial charge in [0.25, 0.3) is 5.69 Å². The Balaban J connectivity index is 2.44. The van der Waals surface area contributed by atoms with Crippen molar-refractivity contribution in [2.75, 3.05) is 12.3 Å². The Morgan fingerprint density at radius 3 is 2.65 bits per heavy atom. The van der Waals surface area contributed by atoms with Crippen LogP contribution in [0.2, 0.25) is 0 Å². The van der Waals surface area contributed by atoms with Gasteiger partial charge in [-0.1, -0.05) is 12.1 Å². The number of aromatic carboxylic acids is 1. The van der Waals surface area contributed by atoms with Crippen molar-refractivity contribution >= 4 is 21.7 Å². The zero-order valence-corrected chi connectivity index (χ0v) is 11.2. The number of carboxylic acids is 1. The Labute approximate surface area is 114 Å². The van der Waals surface area contributed by atoms with E-state index < -0.39 is 32.2 Å². The number of hydrogen-bond acceptors (Lipinski definition) is 5. The molecule has 0 spiro atoms. The first-order valence-electron chi connectivity index (χ1n) is 5.80. The predicted octanol–water partition coefficient (Wildman–Crippen LogP) is 0.828. The fourth-order valence-corrected chi connectivity index (χ4v) is 3.67. The van der Waals surface area contributed by atoms with Crippen LogP contribution in [0.3, 0.4) is 0 Å². The second-order valence-electron chi connectivity index (χ2n) is 4.38. The van der Waals surface area contributed by atoms with E-state index in [1.54, 1.807) is 0 Å². The molecule has 1 N–H and O–H groups in total. The van der Waals surface area contributed by atoms with Gasteiger partial charge in [0.1, 0.15) is 5.56 Å². The van der Waals surface area contributed by atoms with Crippen LogP contribution in [0, 0.1) is 10.1 Å². The summed E-state index contributed by atoms with van der Waals surface area (Å²) >= 11 is 0. The third-order valence-electron chi connectivity index (χ3n) is 3.09. The molecule has 0 radical (unpaired) electrons. The number of carbonyl (C=O) groups is 1. The summed E-state index contributed by atoms with van der Waals surface area (Å²) in [5.74, 6) is -1.42. The highest BCUT2D eigenvalue weighted by molar-refractivity contribution is 7.89. The maximum Gasteiger partial charge on any atom is 0.343 e. The molecular weight excluding hydrogens is 288 g/mol. The lowest BCUT2D eigenvalue weighted by molar-refractivity contribution is -0.385. The van der Waals surface area contributed by atoms with E-state index in [2.05, 4.69) is 0 Å². The van der Waals surface area contributed by atoms with Crippen LogP contribution in [-0.2, 0) is 16.6 Å². The van der Waals surface area contributed by atoms with Crippen molar-refractivity contribution in [3.8, 4) is 0 Å². The quantitative estimate of drug-likeness (QED) is 0.650. The molecule has 0 amide bonds. The Hall–Kier alpha value is -2.00. The number of nitro benzene ring substituents is 1. The first kappa shape index (κ1) is 14.4. The van der Waals surface area contributed by atoms with Crippen molar-refractivity contribution in [3.05, 3.63) is 39.4 Å². The lowest BCUT2D eigenvalue weighted by atomic mass is 10.1. The average Bonchev–Trinajstić information content (AvgIpc) is 2.68. The number of sulfonamides is 1. The molecule has 0 saturated carbocycles. The van der Waals surface area contributed by atoms with E-state index in [0.717, 1.165) is 10.4 Å². The standard InChI is InChI=1S/C11H12N2O6S/c14-11(15)10-8(3-1-4-9(10)13(16)17)7-12-5-2-6-20(12,18)19/h1,3-4H,2,5-7H2,(H,14,15). The van der Waals surface area contributed by atoms with Gasteiger partial charge >= 0.3 is 5.97 Å². The van der Waals surface area contributed by atoms with Crippen molar-refractivity contribution in [1.29, 1.82) is 0 Å². The minimum absolute atomic E-state index is 0.0182. The number of nitro groups is 1. The molecule has 8 nitrogen and oxygen atoms in total. The van der Waals surface area contributed by atoms with E-state index in [0.29, 0.717) is 13.0 Å². The Kier molecular flexibility index (Phi) is 3.73. The summed E-state index contributed by atoms with van der Waals surface area (Å²) in [5.41, 5.74) is -0.872. The molecule has 0 aliphatic carbocycles. The third kappa shape index (κ3) is 2.63.